The molecule has 0 fully saturated rings. The highest BCUT2D eigenvalue weighted by Gasteiger charge is 2.08. The summed E-state index contributed by atoms with van der Waals surface area (Å²) in [5.74, 6) is 1.27. The van der Waals surface area contributed by atoms with Crippen LogP contribution >= 0.6 is 23.1 Å². The topological polar surface area (TPSA) is 84.4 Å². The second-order valence-electron chi connectivity index (χ2n) is 4.80. The SMILES string of the molecule is CCCc1cc(=O)[nH]c(SCc2csc(-c3ncccn3)n2)n1. The molecule has 0 aliphatic rings. The lowest BCUT2D eigenvalue weighted by molar-refractivity contribution is 0.815. The summed E-state index contributed by atoms with van der Waals surface area (Å²) >= 11 is 2.98. The van der Waals surface area contributed by atoms with Crippen LogP contribution in [0.25, 0.3) is 10.8 Å². The van der Waals surface area contributed by atoms with Crippen molar-refractivity contribution in [2.75, 3.05) is 0 Å². The van der Waals surface area contributed by atoms with E-state index in [-0.39, 0.29) is 5.56 Å². The molecule has 3 heterocycles. The maximum Gasteiger partial charge on any atom is 0.251 e. The van der Waals surface area contributed by atoms with Crippen LogP contribution in [0.5, 0.6) is 0 Å². The first-order valence-electron chi connectivity index (χ1n) is 7.19. The molecule has 0 aliphatic carbocycles. The molecule has 0 aromatic carbocycles. The maximum absolute atomic E-state index is 11.6. The van der Waals surface area contributed by atoms with Crippen LogP contribution in [0, 0.1) is 0 Å². The first kappa shape index (κ1) is 15.8. The summed E-state index contributed by atoms with van der Waals surface area (Å²) in [5, 5.41) is 3.40. The summed E-state index contributed by atoms with van der Waals surface area (Å²) in [5.41, 5.74) is 1.64. The van der Waals surface area contributed by atoms with Gasteiger partial charge in [-0.3, -0.25) is 4.79 Å². The Bertz CT molecular complexity index is 831. The molecule has 3 rings (SSSR count). The van der Waals surface area contributed by atoms with Crippen LogP contribution in [-0.2, 0) is 12.2 Å². The predicted molar refractivity (Wildman–Crippen MR) is 91.6 cm³/mol. The van der Waals surface area contributed by atoms with Gasteiger partial charge in [-0.2, -0.15) is 0 Å². The fourth-order valence-corrected chi connectivity index (χ4v) is 3.62. The van der Waals surface area contributed by atoms with E-state index in [9.17, 15) is 4.79 Å². The smallest absolute Gasteiger partial charge is 0.251 e. The highest BCUT2D eigenvalue weighted by molar-refractivity contribution is 7.98. The molecular weight excluding hydrogens is 330 g/mol. The van der Waals surface area contributed by atoms with Gasteiger partial charge in [-0.1, -0.05) is 25.1 Å². The Balaban J connectivity index is 1.69. The van der Waals surface area contributed by atoms with Gasteiger partial charge >= 0.3 is 0 Å². The van der Waals surface area contributed by atoms with Gasteiger partial charge in [0.25, 0.3) is 5.56 Å². The van der Waals surface area contributed by atoms with E-state index >= 15 is 0 Å². The molecule has 0 saturated carbocycles. The summed E-state index contributed by atoms with van der Waals surface area (Å²) in [6.45, 7) is 2.07. The lowest BCUT2D eigenvalue weighted by Crippen LogP contribution is -2.09. The fourth-order valence-electron chi connectivity index (χ4n) is 1.96. The molecule has 6 nitrogen and oxygen atoms in total. The van der Waals surface area contributed by atoms with Gasteiger partial charge in [-0.05, 0) is 12.5 Å². The Morgan fingerprint density at radius 2 is 2.04 bits per heavy atom. The van der Waals surface area contributed by atoms with Gasteiger partial charge in [0.2, 0.25) is 0 Å². The predicted octanol–water partition coefficient (Wildman–Crippen LogP) is 2.93. The van der Waals surface area contributed by atoms with Crippen LogP contribution in [-0.4, -0.2) is 24.9 Å². The number of rotatable bonds is 6. The van der Waals surface area contributed by atoms with E-state index in [1.54, 1.807) is 24.5 Å². The van der Waals surface area contributed by atoms with Crippen molar-refractivity contribution >= 4 is 23.1 Å². The van der Waals surface area contributed by atoms with Crippen LogP contribution in [0.1, 0.15) is 24.7 Å². The van der Waals surface area contributed by atoms with Gasteiger partial charge in [-0.25, -0.2) is 19.9 Å². The molecule has 0 spiro atoms. The minimum absolute atomic E-state index is 0.109. The van der Waals surface area contributed by atoms with Crippen molar-refractivity contribution in [3.63, 3.8) is 0 Å². The normalized spacial score (nSPS) is 10.8. The van der Waals surface area contributed by atoms with E-state index in [1.165, 1.54) is 23.1 Å². The molecule has 118 valence electrons. The zero-order chi connectivity index (χ0) is 16.1. The van der Waals surface area contributed by atoms with Crippen LogP contribution in [0.2, 0.25) is 0 Å². The first-order valence-corrected chi connectivity index (χ1v) is 9.06. The minimum Gasteiger partial charge on any atom is -0.301 e. The maximum atomic E-state index is 11.6. The number of H-pyrrole nitrogens is 1. The van der Waals surface area contributed by atoms with Gasteiger partial charge in [-0.15, -0.1) is 11.3 Å². The third-order valence-corrected chi connectivity index (χ3v) is 4.74. The Hall–Kier alpha value is -2.06. The number of aromatic amines is 1. The molecule has 0 saturated heterocycles. The van der Waals surface area contributed by atoms with Crippen molar-refractivity contribution < 1.29 is 0 Å². The van der Waals surface area contributed by atoms with Crippen LogP contribution in [0.15, 0.2) is 39.9 Å². The Kier molecular flexibility index (Phi) is 5.14. The molecule has 8 heteroatoms. The quantitative estimate of drug-likeness (QED) is 0.546. The number of aromatic nitrogens is 5. The van der Waals surface area contributed by atoms with E-state index in [4.69, 9.17) is 0 Å². The summed E-state index contributed by atoms with van der Waals surface area (Å²) < 4.78 is 0. The van der Waals surface area contributed by atoms with Crippen molar-refractivity contribution in [1.82, 2.24) is 24.9 Å². The van der Waals surface area contributed by atoms with Crippen LogP contribution in [0.3, 0.4) is 0 Å². The summed E-state index contributed by atoms with van der Waals surface area (Å²) in [4.78, 5) is 31.8. The van der Waals surface area contributed by atoms with Crippen LogP contribution in [0.4, 0.5) is 0 Å². The van der Waals surface area contributed by atoms with Crippen molar-refractivity contribution in [3.8, 4) is 10.8 Å². The second kappa shape index (κ2) is 7.47. The molecule has 3 aromatic rings. The summed E-state index contributed by atoms with van der Waals surface area (Å²) in [6.07, 6.45) is 5.18. The number of nitrogens with one attached hydrogen (secondary N) is 1. The third-order valence-electron chi connectivity index (χ3n) is 2.94. The molecule has 0 unspecified atom stereocenters. The largest absolute Gasteiger partial charge is 0.301 e. The molecule has 1 N–H and O–H groups in total. The molecule has 23 heavy (non-hydrogen) atoms. The number of thiazole rings is 1. The average molecular weight is 345 g/mol. The number of aryl methyl sites for hydroxylation is 1. The number of hydrogen-bond donors (Lipinski definition) is 1. The molecule has 0 bridgehead atoms. The summed E-state index contributed by atoms with van der Waals surface area (Å²) in [7, 11) is 0. The monoisotopic (exact) mass is 345 g/mol. The molecule has 0 aliphatic heterocycles. The van der Waals surface area contributed by atoms with Crippen molar-refractivity contribution in [2.24, 2.45) is 0 Å². The van der Waals surface area contributed by atoms with Crippen LogP contribution < -0.4 is 5.56 Å². The summed E-state index contributed by atoms with van der Waals surface area (Å²) in [6, 6.07) is 3.33. The third kappa shape index (κ3) is 4.23. The van der Waals surface area contributed by atoms with E-state index in [1.807, 2.05) is 5.38 Å². The number of thioether (sulfide) groups is 1. The molecular formula is C15H15N5OS2. The van der Waals surface area contributed by atoms with E-state index < -0.39 is 0 Å². The molecule has 0 atom stereocenters. The standard InChI is InChI=1S/C15H15N5OS2/c1-2-4-10-7-12(21)20-15(19-10)23-9-11-8-22-14(18-11)13-16-5-3-6-17-13/h3,5-8H,2,4,9H2,1H3,(H,19,20,21). The number of nitrogens with zero attached hydrogens (tertiary/aromatic N) is 4. The van der Waals surface area contributed by atoms with Gasteiger partial charge < -0.3 is 4.98 Å². The average Bonchev–Trinajstić information content (AvgIpc) is 3.03. The van der Waals surface area contributed by atoms with Gasteiger partial charge in [0, 0.05) is 35.3 Å². The number of hydrogen-bond acceptors (Lipinski definition) is 7. The molecule has 0 radical (unpaired) electrons. The van der Waals surface area contributed by atoms with Gasteiger partial charge in [0.15, 0.2) is 16.0 Å². The minimum atomic E-state index is -0.109. The second-order valence-corrected chi connectivity index (χ2v) is 6.62. The Labute approximate surface area is 141 Å². The van der Waals surface area contributed by atoms with E-state index in [2.05, 4.69) is 31.8 Å². The van der Waals surface area contributed by atoms with Gasteiger partial charge in [0.05, 0.1) is 5.69 Å². The lowest BCUT2D eigenvalue weighted by atomic mass is 10.2. The lowest BCUT2D eigenvalue weighted by Gasteiger charge is -2.02. The van der Waals surface area contributed by atoms with E-state index in [0.717, 1.165) is 29.2 Å². The highest BCUT2D eigenvalue weighted by Crippen LogP contribution is 2.24. The molecule has 0 amide bonds. The molecule has 3 aromatic heterocycles. The Morgan fingerprint density at radius 1 is 1.22 bits per heavy atom. The fraction of sp³-hybridized carbons (Fsp3) is 0.267. The zero-order valence-electron chi connectivity index (χ0n) is 12.5. The van der Waals surface area contributed by atoms with Crippen molar-refractivity contribution in [3.05, 3.63) is 51.6 Å². The van der Waals surface area contributed by atoms with E-state index in [0.29, 0.717) is 16.7 Å². The Morgan fingerprint density at radius 3 is 2.83 bits per heavy atom. The van der Waals surface area contributed by atoms with Gasteiger partial charge in [0.1, 0.15) is 0 Å². The first-order chi connectivity index (χ1) is 11.2. The van der Waals surface area contributed by atoms with Crippen molar-refractivity contribution in [1.29, 1.82) is 0 Å². The highest BCUT2D eigenvalue weighted by atomic mass is 32.2. The van der Waals surface area contributed by atoms with Crippen molar-refractivity contribution in [2.45, 2.75) is 30.7 Å². The zero-order valence-corrected chi connectivity index (χ0v) is 14.2.